The molecule has 0 aliphatic rings. The average Bonchev–Trinajstić information content (AvgIpc) is 2.54. The first-order valence-corrected chi connectivity index (χ1v) is 7.93. The number of aromatic nitrogens is 2. The van der Waals surface area contributed by atoms with Gasteiger partial charge in [-0.1, -0.05) is 31.5 Å². The van der Waals surface area contributed by atoms with Crippen LogP contribution in [0.1, 0.15) is 36.7 Å². The van der Waals surface area contributed by atoms with Crippen molar-refractivity contribution in [1.29, 1.82) is 0 Å². The molecule has 118 valence electrons. The molecule has 22 heavy (non-hydrogen) atoms. The van der Waals surface area contributed by atoms with Gasteiger partial charge in [-0.25, -0.2) is 9.97 Å². The zero-order valence-electron chi connectivity index (χ0n) is 13.7. The molecule has 0 saturated carbocycles. The van der Waals surface area contributed by atoms with Gasteiger partial charge in [0.1, 0.15) is 17.4 Å². The molecule has 0 amide bonds. The van der Waals surface area contributed by atoms with Crippen molar-refractivity contribution in [2.75, 3.05) is 19.0 Å². The highest BCUT2D eigenvalue weighted by Gasteiger charge is 2.08. The number of aryl methyl sites for hydroxylation is 3. The molecule has 1 aromatic carbocycles. The van der Waals surface area contributed by atoms with Gasteiger partial charge in [0.05, 0.1) is 7.11 Å². The molecular weight excluding hydrogens is 274 g/mol. The van der Waals surface area contributed by atoms with Crippen molar-refractivity contribution in [3.05, 3.63) is 47.4 Å². The zero-order valence-corrected chi connectivity index (χ0v) is 13.7. The van der Waals surface area contributed by atoms with E-state index in [2.05, 4.69) is 28.3 Å². The zero-order chi connectivity index (χ0) is 15.8. The van der Waals surface area contributed by atoms with Crippen LogP contribution < -0.4 is 10.1 Å². The van der Waals surface area contributed by atoms with Gasteiger partial charge >= 0.3 is 0 Å². The first-order valence-electron chi connectivity index (χ1n) is 7.93. The van der Waals surface area contributed by atoms with Crippen molar-refractivity contribution in [3.63, 3.8) is 0 Å². The Balaban J connectivity index is 2.08. The molecule has 0 aliphatic carbocycles. The van der Waals surface area contributed by atoms with E-state index in [1.54, 1.807) is 7.11 Å². The Bertz CT molecular complexity index is 599. The van der Waals surface area contributed by atoms with Gasteiger partial charge in [0.2, 0.25) is 0 Å². The third kappa shape index (κ3) is 4.45. The molecule has 1 aromatic heterocycles. The quantitative estimate of drug-likeness (QED) is 0.753. The minimum absolute atomic E-state index is 0.806. The van der Waals surface area contributed by atoms with E-state index in [9.17, 15) is 0 Å². The smallest absolute Gasteiger partial charge is 0.132 e. The standard InChI is InChI=1S/C18H25N3O/c1-4-5-12-19-18-16(13-20-14(2)21-18)11-10-15-8-6-7-9-17(15)22-3/h6-9,13H,4-5,10-12H2,1-3H3,(H,19,20,21). The van der Waals surface area contributed by atoms with Crippen LogP contribution in [0.25, 0.3) is 0 Å². The summed E-state index contributed by atoms with van der Waals surface area (Å²) >= 11 is 0. The second kappa shape index (κ2) is 8.37. The molecule has 1 heterocycles. The van der Waals surface area contributed by atoms with E-state index in [1.165, 1.54) is 12.0 Å². The van der Waals surface area contributed by atoms with Crippen LogP contribution in [0.4, 0.5) is 5.82 Å². The summed E-state index contributed by atoms with van der Waals surface area (Å²) in [7, 11) is 1.71. The molecule has 4 heteroatoms. The summed E-state index contributed by atoms with van der Waals surface area (Å²) < 4.78 is 5.42. The Labute approximate surface area is 133 Å². The van der Waals surface area contributed by atoms with Crippen LogP contribution in [-0.2, 0) is 12.8 Å². The number of benzene rings is 1. The van der Waals surface area contributed by atoms with Crippen LogP contribution in [0.5, 0.6) is 5.75 Å². The second-order valence-corrected chi connectivity index (χ2v) is 5.38. The van der Waals surface area contributed by atoms with E-state index in [4.69, 9.17) is 4.74 Å². The van der Waals surface area contributed by atoms with Crippen molar-refractivity contribution < 1.29 is 4.74 Å². The summed E-state index contributed by atoms with van der Waals surface area (Å²) in [6, 6.07) is 8.15. The van der Waals surface area contributed by atoms with E-state index < -0.39 is 0 Å². The fourth-order valence-corrected chi connectivity index (χ4v) is 2.39. The molecule has 0 fully saturated rings. The monoisotopic (exact) mass is 299 g/mol. The van der Waals surface area contributed by atoms with Crippen LogP contribution in [0.15, 0.2) is 30.5 Å². The Morgan fingerprint density at radius 1 is 1.14 bits per heavy atom. The van der Waals surface area contributed by atoms with Gasteiger partial charge in [-0.2, -0.15) is 0 Å². The average molecular weight is 299 g/mol. The van der Waals surface area contributed by atoms with Crippen LogP contribution in [0.2, 0.25) is 0 Å². The van der Waals surface area contributed by atoms with Crippen LogP contribution in [0, 0.1) is 6.92 Å². The third-order valence-electron chi connectivity index (χ3n) is 3.66. The fraction of sp³-hybridized carbons (Fsp3) is 0.444. The lowest BCUT2D eigenvalue weighted by molar-refractivity contribution is 0.409. The van der Waals surface area contributed by atoms with Gasteiger partial charge < -0.3 is 10.1 Å². The number of para-hydroxylation sites is 1. The third-order valence-corrected chi connectivity index (χ3v) is 3.66. The van der Waals surface area contributed by atoms with Crippen LogP contribution in [-0.4, -0.2) is 23.6 Å². The van der Waals surface area contributed by atoms with Gasteiger partial charge in [-0.3, -0.25) is 0 Å². The molecule has 0 atom stereocenters. The normalized spacial score (nSPS) is 10.5. The maximum absolute atomic E-state index is 5.42. The molecule has 0 saturated heterocycles. The number of rotatable bonds is 8. The summed E-state index contributed by atoms with van der Waals surface area (Å²) in [4.78, 5) is 8.89. The number of anilines is 1. The number of unbranched alkanes of at least 4 members (excludes halogenated alkanes) is 1. The van der Waals surface area contributed by atoms with Crippen molar-refractivity contribution >= 4 is 5.82 Å². The van der Waals surface area contributed by atoms with Crippen molar-refractivity contribution in [3.8, 4) is 5.75 Å². The lowest BCUT2D eigenvalue weighted by atomic mass is 10.0. The molecule has 0 radical (unpaired) electrons. The van der Waals surface area contributed by atoms with Crippen LogP contribution >= 0.6 is 0 Å². The van der Waals surface area contributed by atoms with Gasteiger partial charge in [0.25, 0.3) is 0 Å². The Kier molecular flexibility index (Phi) is 6.19. The minimum Gasteiger partial charge on any atom is -0.496 e. The first kappa shape index (κ1) is 16.3. The first-order chi connectivity index (χ1) is 10.7. The maximum Gasteiger partial charge on any atom is 0.132 e. The van der Waals surface area contributed by atoms with Crippen LogP contribution in [0.3, 0.4) is 0 Å². The predicted molar refractivity (Wildman–Crippen MR) is 90.6 cm³/mol. The second-order valence-electron chi connectivity index (χ2n) is 5.38. The van der Waals surface area contributed by atoms with E-state index in [-0.39, 0.29) is 0 Å². The number of methoxy groups -OCH3 is 1. The van der Waals surface area contributed by atoms with Gasteiger partial charge in [-0.15, -0.1) is 0 Å². The molecule has 0 spiro atoms. The summed E-state index contributed by atoms with van der Waals surface area (Å²) in [6.45, 7) is 5.07. The number of nitrogens with zero attached hydrogens (tertiary/aromatic N) is 2. The minimum atomic E-state index is 0.806. The van der Waals surface area contributed by atoms with Gasteiger partial charge in [0.15, 0.2) is 0 Å². The summed E-state index contributed by atoms with van der Waals surface area (Å²) in [5, 5.41) is 3.44. The highest BCUT2D eigenvalue weighted by atomic mass is 16.5. The molecule has 1 N–H and O–H groups in total. The van der Waals surface area contributed by atoms with Crippen molar-refractivity contribution in [2.45, 2.75) is 39.5 Å². The number of hydrogen-bond acceptors (Lipinski definition) is 4. The lowest BCUT2D eigenvalue weighted by Gasteiger charge is -2.12. The SMILES string of the molecule is CCCCNc1nc(C)ncc1CCc1ccccc1OC. The Hall–Kier alpha value is -2.10. The number of ether oxygens (including phenoxy) is 1. The molecule has 0 bridgehead atoms. The molecule has 0 aliphatic heterocycles. The molecule has 4 nitrogen and oxygen atoms in total. The summed E-state index contributed by atoms with van der Waals surface area (Å²) in [5.74, 6) is 2.71. The Morgan fingerprint density at radius 3 is 2.68 bits per heavy atom. The number of nitrogens with one attached hydrogen (secondary N) is 1. The largest absolute Gasteiger partial charge is 0.496 e. The highest BCUT2D eigenvalue weighted by Crippen LogP contribution is 2.21. The van der Waals surface area contributed by atoms with Crippen molar-refractivity contribution in [1.82, 2.24) is 9.97 Å². The Morgan fingerprint density at radius 2 is 1.91 bits per heavy atom. The van der Waals surface area contributed by atoms with Crippen molar-refractivity contribution in [2.24, 2.45) is 0 Å². The predicted octanol–water partition coefficient (Wildman–Crippen LogP) is 3.79. The van der Waals surface area contributed by atoms with E-state index in [0.29, 0.717) is 0 Å². The molecule has 2 rings (SSSR count). The molecule has 0 unspecified atom stereocenters. The molecular formula is C18H25N3O. The number of hydrogen-bond donors (Lipinski definition) is 1. The highest BCUT2D eigenvalue weighted by molar-refractivity contribution is 5.44. The van der Waals surface area contributed by atoms with Gasteiger partial charge in [0, 0.05) is 18.3 Å². The fourth-order valence-electron chi connectivity index (χ4n) is 2.39. The topological polar surface area (TPSA) is 47.0 Å². The molecule has 2 aromatic rings. The van der Waals surface area contributed by atoms with E-state index >= 15 is 0 Å². The van der Waals surface area contributed by atoms with Gasteiger partial charge in [-0.05, 0) is 37.8 Å². The van der Waals surface area contributed by atoms with E-state index in [1.807, 2.05) is 31.3 Å². The summed E-state index contributed by atoms with van der Waals surface area (Å²) in [5.41, 5.74) is 2.37. The summed E-state index contributed by atoms with van der Waals surface area (Å²) in [6.07, 6.45) is 6.07. The van der Waals surface area contributed by atoms with E-state index in [0.717, 1.165) is 48.8 Å². The maximum atomic E-state index is 5.42. The lowest BCUT2D eigenvalue weighted by Crippen LogP contribution is -2.08.